The number of hydrogen-bond acceptors (Lipinski definition) is 3. The van der Waals surface area contributed by atoms with Gasteiger partial charge in [-0.05, 0) is 30.8 Å². The summed E-state index contributed by atoms with van der Waals surface area (Å²) in [6.07, 6.45) is 5.88. The van der Waals surface area contributed by atoms with Crippen molar-refractivity contribution in [1.29, 1.82) is 0 Å². The van der Waals surface area contributed by atoms with Crippen molar-refractivity contribution in [1.82, 2.24) is 10.6 Å². The van der Waals surface area contributed by atoms with Gasteiger partial charge in [-0.15, -0.1) is 0 Å². The van der Waals surface area contributed by atoms with E-state index in [1.165, 1.54) is 12.8 Å². The van der Waals surface area contributed by atoms with E-state index < -0.39 is 12.0 Å². The van der Waals surface area contributed by atoms with E-state index in [-0.39, 0.29) is 6.03 Å². The van der Waals surface area contributed by atoms with Gasteiger partial charge in [0.05, 0.1) is 0 Å². The maximum atomic E-state index is 11.4. The van der Waals surface area contributed by atoms with Gasteiger partial charge >= 0.3 is 12.0 Å². The van der Waals surface area contributed by atoms with E-state index in [4.69, 9.17) is 5.11 Å². The number of thioether (sulfide) groups is 1. The Kier molecular flexibility index (Phi) is 6.18. The number of nitrogens with one attached hydrogen (secondary N) is 2. The van der Waals surface area contributed by atoms with E-state index in [1.807, 2.05) is 6.26 Å². The number of amides is 2. The zero-order valence-electron chi connectivity index (χ0n) is 10.1. The number of carboxylic acids is 1. The third kappa shape index (κ3) is 6.41. The summed E-state index contributed by atoms with van der Waals surface area (Å²) < 4.78 is 0. The van der Waals surface area contributed by atoms with Crippen LogP contribution in [-0.2, 0) is 4.79 Å². The number of urea groups is 1. The zero-order chi connectivity index (χ0) is 12.7. The quantitative estimate of drug-likeness (QED) is 0.614. The predicted molar refractivity (Wildman–Crippen MR) is 68.3 cm³/mol. The first-order valence-corrected chi connectivity index (χ1v) is 7.29. The number of aliphatic carboxylic acids is 1. The molecule has 1 aliphatic carbocycles. The summed E-state index contributed by atoms with van der Waals surface area (Å²) in [5.41, 5.74) is 0. The molecule has 0 saturated heterocycles. The molecular formula is C11H20N2O3S. The van der Waals surface area contributed by atoms with Crippen LogP contribution in [0.1, 0.15) is 25.7 Å². The minimum absolute atomic E-state index is 0.376. The molecule has 2 amide bonds. The van der Waals surface area contributed by atoms with Gasteiger partial charge in [0.15, 0.2) is 0 Å². The van der Waals surface area contributed by atoms with Crippen molar-refractivity contribution in [3.63, 3.8) is 0 Å². The van der Waals surface area contributed by atoms with Gasteiger partial charge in [0.1, 0.15) is 6.04 Å². The first-order valence-electron chi connectivity index (χ1n) is 5.89. The standard InChI is InChI=1S/C11H20N2O3S/c1-17-7-5-9(10(14)15)13-11(16)12-6-4-8-2-3-8/h8-9H,2-7H2,1H3,(H,14,15)(H2,12,13,16). The van der Waals surface area contributed by atoms with Gasteiger partial charge in [0, 0.05) is 6.54 Å². The molecule has 5 nitrogen and oxygen atoms in total. The van der Waals surface area contributed by atoms with E-state index in [9.17, 15) is 9.59 Å². The fourth-order valence-corrected chi connectivity index (χ4v) is 1.97. The molecule has 0 bridgehead atoms. The second-order valence-electron chi connectivity index (χ2n) is 4.30. The van der Waals surface area contributed by atoms with Crippen molar-refractivity contribution in [3.05, 3.63) is 0 Å². The first-order chi connectivity index (χ1) is 8.13. The summed E-state index contributed by atoms with van der Waals surface area (Å²) >= 11 is 1.57. The van der Waals surface area contributed by atoms with Crippen LogP contribution in [0.15, 0.2) is 0 Å². The predicted octanol–water partition coefficient (Wildman–Crippen LogP) is 1.29. The molecule has 6 heteroatoms. The molecule has 0 aromatic heterocycles. The molecule has 98 valence electrons. The summed E-state index contributed by atoms with van der Waals surface area (Å²) in [5, 5.41) is 14.1. The Morgan fingerprint density at radius 1 is 1.47 bits per heavy atom. The second-order valence-corrected chi connectivity index (χ2v) is 5.29. The number of carboxylic acid groups (broad SMARTS) is 1. The molecule has 1 saturated carbocycles. The van der Waals surface area contributed by atoms with Crippen LogP contribution in [0, 0.1) is 5.92 Å². The fraction of sp³-hybridized carbons (Fsp3) is 0.818. The lowest BCUT2D eigenvalue weighted by Gasteiger charge is -2.14. The van der Waals surface area contributed by atoms with Crippen LogP contribution in [0.3, 0.4) is 0 Å². The van der Waals surface area contributed by atoms with Crippen LogP contribution in [0.4, 0.5) is 4.79 Å². The smallest absolute Gasteiger partial charge is 0.326 e. The molecule has 17 heavy (non-hydrogen) atoms. The molecule has 1 atom stereocenters. The molecule has 1 rings (SSSR count). The molecule has 0 heterocycles. The average molecular weight is 260 g/mol. The topological polar surface area (TPSA) is 78.4 Å². The van der Waals surface area contributed by atoms with Gasteiger partial charge in [-0.1, -0.05) is 12.8 Å². The lowest BCUT2D eigenvalue weighted by molar-refractivity contribution is -0.139. The second kappa shape index (κ2) is 7.42. The molecule has 0 aromatic carbocycles. The maximum Gasteiger partial charge on any atom is 0.326 e. The summed E-state index contributed by atoms with van der Waals surface area (Å²) in [6, 6.07) is -1.16. The van der Waals surface area contributed by atoms with Crippen molar-refractivity contribution in [2.45, 2.75) is 31.7 Å². The Morgan fingerprint density at radius 3 is 2.71 bits per heavy atom. The first kappa shape index (κ1) is 14.2. The highest BCUT2D eigenvalue weighted by Crippen LogP contribution is 2.31. The Morgan fingerprint density at radius 2 is 2.18 bits per heavy atom. The van der Waals surface area contributed by atoms with Gasteiger partial charge in [-0.25, -0.2) is 9.59 Å². The highest BCUT2D eigenvalue weighted by Gasteiger charge is 2.22. The highest BCUT2D eigenvalue weighted by molar-refractivity contribution is 7.98. The van der Waals surface area contributed by atoms with E-state index in [2.05, 4.69) is 10.6 Å². The van der Waals surface area contributed by atoms with Crippen molar-refractivity contribution >= 4 is 23.8 Å². The molecule has 0 aromatic rings. The zero-order valence-corrected chi connectivity index (χ0v) is 10.9. The molecule has 0 radical (unpaired) electrons. The van der Waals surface area contributed by atoms with Crippen LogP contribution >= 0.6 is 11.8 Å². The summed E-state index contributed by atoms with van der Waals surface area (Å²) in [5.74, 6) is 0.512. The van der Waals surface area contributed by atoms with Gasteiger partial charge < -0.3 is 15.7 Å². The number of hydrogen-bond donors (Lipinski definition) is 3. The van der Waals surface area contributed by atoms with Crippen LogP contribution < -0.4 is 10.6 Å². The van der Waals surface area contributed by atoms with Gasteiger partial charge in [0.25, 0.3) is 0 Å². The van der Waals surface area contributed by atoms with Crippen molar-refractivity contribution in [2.24, 2.45) is 5.92 Å². The third-order valence-electron chi connectivity index (χ3n) is 2.75. The third-order valence-corrected chi connectivity index (χ3v) is 3.39. The Bertz CT molecular complexity index is 269. The molecule has 1 aliphatic rings. The minimum atomic E-state index is -0.976. The molecule has 1 fully saturated rings. The average Bonchev–Trinajstić information content (AvgIpc) is 3.07. The monoisotopic (exact) mass is 260 g/mol. The van der Waals surface area contributed by atoms with Crippen molar-refractivity contribution in [3.8, 4) is 0 Å². The van der Waals surface area contributed by atoms with Crippen LogP contribution in [0.2, 0.25) is 0 Å². The number of rotatable bonds is 8. The van der Waals surface area contributed by atoms with Gasteiger partial charge in [-0.2, -0.15) is 11.8 Å². The summed E-state index contributed by atoms with van der Waals surface area (Å²) in [6.45, 7) is 0.630. The van der Waals surface area contributed by atoms with E-state index >= 15 is 0 Å². The van der Waals surface area contributed by atoms with Crippen LogP contribution in [-0.4, -0.2) is 41.7 Å². The van der Waals surface area contributed by atoms with Gasteiger partial charge in [-0.3, -0.25) is 0 Å². The lowest BCUT2D eigenvalue weighted by atomic mass is 10.2. The Labute approximate surface area is 106 Å². The summed E-state index contributed by atoms with van der Waals surface area (Å²) in [4.78, 5) is 22.3. The Hall–Kier alpha value is -0.910. The van der Waals surface area contributed by atoms with Crippen LogP contribution in [0.25, 0.3) is 0 Å². The molecule has 0 aliphatic heterocycles. The molecule has 1 unspecified atom stereocenters. The minimum Gasteiger partial charge on any atom is -0.480 e. The number of carbonyl (C=O) groups is 2. The van der Waals surface area contributed by atoms with E-state index in [1.54, 1.807) is 11.8 Å². The van der Waals surface area contributed by atoms with Crippen LogP contribution in [0.5, 0.6) is 0 Å². The molecule has 0 spiro atoms. The normalized spacial score (nSPS) is 16.3. The summed E-state index contributed by atoms with van der Waals surface area (Å²) in [7, 11) is 0. The van der Waals surface area contributed by atoms with E-state index in [0.717, 1.165) is 18.1 Å². The van der Waals surface area contributed by atoms with E-state index in [0.29, 0.717) is 13.0 Å². The van der Waals surface area contributed by atoms with Gasteiger partial charge in [0.2, 0.25) is 0 Å². The Balaban J connectivity index is 2.16. The number of carbonyl (C=O) groups excluding carboxylic acids is 1. The molecule has 3 N–H and O–H groups in total. The van der Waals surface area contributed by atoms with Crippen molar-refractivity contribution in [2.75, 3.05) is 18.6 Å². The maximum absolute atomic E-state index is 11.4. The lowest BCUT2D eigenvalue weighted by Crippen LogP contribution is -2.46. The molecular weight excluding hydrogens is 240 g/mol. The fourth-order valence-electron chi connectivity index (χ4n) is 1.50. The SMILES string of the molecule is CSCCC(NC(=O)NCCC1CC1)C(=O)O. The highest BCUT2D eigenvalue weighted by atomic mass is 32.2. The largest absolute Gasteiger partial charge is 0.480 e. The van der Waals surface area contributed by atoms with Crippen molar-refractivity contribution < 1.29 is 14.7 Å².